The van der Waals surface area contributed by atoms with Crippen LogP contribution in [-0.4, -0.2) is 31.1 Å². The second kappa shape index (κ2) is 6.96. The number of para-hydroxylation sites is 1. The molecule has 1 amide bonds. The molecule has 138 valence electrons. The van der Waals surface area contributed by atoms with E-state index in [2.05, 4.69) is 0 Å². The fourth-order valence-corrected chi connectivity index (χ4v) is 3.57. The van der Waals surface area contributed by atoms with Crippen LogP contribution in [0, 0.1) is 5.82 Å². The fourth-order valence-electron chi connectivity index (χ4n) is 3.57. The monoisotopic (exact) mass is 367 g/mol. The van der Waals surface area contributed by atoms with Gasteiger partial charge in [-0.1, -0.05) is 24.3 Å². The Morgan fingerprint density at radius 1 is 1.11 bits per heavy atom. The Labute approximate surface area is 155 Å². The van der Waals surface area contributed by atoms with E-state index in [0.29, 0.717) is 41.7 Å². The highest BCUT2D eigenvalue weighted by Gasteiger charge is 2.42. The number of benzene rings is 2. The number of rotatable bonds is 5. The smallest absolute Gasteiger partial charge is 0.290 e. The quantitative estimate of drug-likeness (QED) is 0.648. The standard InChI is InChI=1S/C21H18FNO4/c1-26-12-4-11-23-18(13-7-9-14(22)10-8-13)17-19(24)15-5-2-3-6-16(15)27-20(17)21(23)25/h2-3,5-10,18H,4,11-12H2,1H3. The van der Waals surface area contributed by atoms with E-state index in [9.17, 15) is 14.0 Å². The summed E-state index contributed by atoms with van der Waals surface area (Å²) < 4.78 is 24.3. The molecule has 2 heterocycles. The maximum Gasteiger partial charge on any atom is 0.290 e. The molecule has 0 bridgehead atoms. The Morgan fingerprint density at radius 3 is 2.59 bits per heavy atom. The van der Waals surface area contributed by atoms with Gasteiger partial charge in [0.25, 0.3) is 5.91 Å². The van der Waals surface area contributed by atoms with Gasteiger partial charge in [-0.05, 0) is 36.2 Å². The molecule has 3 aromatic rings. The minimum Gasteiger partial charge on any atom is -0.450 e. The van der Waals surface area contributed by atoms with Gasteiger partial charge in [-0.3, -0.25) is 9.59 Å². The third-order valence-electron chi connectivity index (χ3n) is 4.81. The predicted molar refractivity (Wildman–Crippen MR) is 98.3 cm³/mol. The number of ether oxygens (including phenoxy) is 1. The van der Waals surface area contributed by atoms with Crippen LogP contribution in [0.25, 0.3) is 11.0 Å². The maximum absolute atomic E-state index is 13.4. The van der Waals surface area contributed by atoms with Gasteiger partial charge in [0, 0.05) is 20.3 Å². The van der Waals surface area contributed by atoms with E-state index in [0.717, 1.165) is 0 Å². The van der Waals surface area contributed by atoms with Crippen molar-refractivity contribution in [1.82, 2.24) is 4.90 Å². The highest BCUT2D eigenvalue weighted by Crippen LogP contribution is 2.38. The first-order chi connectivity index (χ1) is 13.1. The van der Waals surface area contributed by atoms with Crippen LogP contribution in [0.5, 0.6) is 0 Å². The number of methoxy groups -OCH3 is 1. The van der Waals surface area contributed by atoms with E-state index in [1.807, 2.05) is 0 Å². The molecule has 0 N–H and O–H groups in total. The van der Waals surface area contributed by atoms with Crippen molar-refractivity contribution in [3.8, 4) is 0 Å². The number of fused-ring (bicyclic) bond motifs is 2. The Balaban J connectivity index is 1.90. The second-order valence-electron chi connectivity index (χ2n) is 6.47. The average molecular weight is 367 g/mol. The van der Waals surface area contributed by atoms with Crippen LogP contribution >= 0.6 is 0 Å². The van der Waals surface area contributed by atoms with Crippen LogP contribution in [-0.2, 0) is 4.74 Å². The lowest BCUT2D eigenvalue weighted by atomic mass is 9.98. The maximum atomic E-state index is 13.4. The molecule has 0 fully saturated rings. The van der Waals surface area contributed by atoms with Gasteiger partial charge in [0.1, 0.15) is 11.4 Å². The molecular weight excluding hydrogens is 349 g/mol. The Bertz CT molecular complexity index is 1060. The summed E-state index contributed by atoms with van der Waals surface area (Å²) >= 11 is 0. The van der Waals surface area contributed by atoms with Gasteiger partial charge in [-0.25, -0.2) is 4.39 Å². The van der Waals surface area contributed by atoms with E-state index < -0.39 is 6.04 Å². The number of hydrogen-bond donors (Lipinski definition) is 0. The molecule has 1 unspecified atom stereocenters. The highest BCUT2D eigenvalue weighted by atomic mass is 19.1. The summed E-state index contributed by atoms with van der Waals surface area (Å²) in [6.07, 6.45) is 0.613. The minimum absolute atomic E-state index is 0.0606. The zero-order chi connectivity index (χ0) is 19.0. The first kappa shape index (κ1) is 17.4. The second-order valence-corrected chi connectivity index (χ2v) is 6.47. The van der Waals surface area contributed by atoms with E-state index in [-0.39, 0.29) is 22.9 Å². The molecule has 1 aliphatic heterocycles. The molecule has 1 aromatic heterocycles. The fraction of sp³-hybridized carbons (Fsp3) is 0.238. The molecule has 0 saturated heterocycles. The number of carbonyl (C=O) groups excluding carboxylic acids is 1. The van der Waals surface area contributed by atoms with Gasteiger partial charge >= 0.3 is 0 Å². The molecular formula is C21H18FNO4. The number of carbonyl (C=O) groups is 1. The van der Waals surface area contributed by atoms with Gasteiger partial charge < -0.3 is 14.1 Å². The first-order valence-electron chi connectivity index (χ1n) is 8.73. The van der Waals surface area contributed by atoms with Crippen molar-refractivity contribution in [2.75, 3.05) is 20.3 Å². The third-order valence-corrected chi connectivity index (χ3v) is 4.81. The van der Waals surface area contributed by atoms with Gasteiger partial charge in [0.2, 0.25) is 5.76 Å². The van der Waals surface area contributed by atoms with Gasteiger partial charge in [-0.15, -0.1) is 0 Å². The lowest BCUT2D eigenvalue weighted by Crippen LogP contribution is -2.31. The normalized spacial score (nSPS) is 16.1. The molecule has 27 heavy (non-hydrogen) atoms. The number of hydrogen-bond acceptors (Lipinski definition) is 4. The predicted octanol–water partition coefficient (Wildman–Crippen LogP) is 3.51. The zero-order valence-electron chi connectivity index (χ0n) is 14.8. The van der Waals surface area contributed by atoms with Gasteiger partial charge in [-0.2, -0.15) is 0 Å². The molecule has 4 rings (SSSR count). The van der Waals surface area contributed by atoms with E-state index in [1.165, 1.54) is 12.1 Å². The minimum atomic E-state index is -0.606. The van der Waals surface area contributed by atoms with Crippen molar-refractivity contribution in [1.29, 1.82) is 0 Å². The van der Waals surface area contributed by atoms with Crippen LogP contribution in [0.15, 0.2) is 57.7 Å². The molecule has 0 saturated carbocycles. The number of amides is 1. The Kier molecular flexibility index (Phi) is 4.49. The Morgan fingerprint density at radius 2 is 1.85 bits per heavy atom. The summed E-state index contributed by atoms with van der Waals surface area (Å²) in [7, 11) is 1.59. The van der Waals surface area contributed by atoms with Crippen molar-refractivity contribution in [2.45, 2.75) is 12.5 Å². The molecule has 6 heteroatoms. The summed E-state index contributed by atoms with van der Waals surface area (Å²) in [6, 6.07) is 12.1. The average Bonchev–Trinajstić information content (AvgIpc) is 2.96. The first-order valence-corrected chi connectivity index (χ1v) is 8.73. The highest BCUT2D eigenvalue weighted by molar-refractivity contribution is 5.99. The third kappa shape index (κ3) is 2.92. The molecule has 0 spiro atoms. The van der Waals surface area contributed by atoms with Crippen molar-refractivity contribution in [2.24, 2.45) is 0 Å². The zero-order valence-corrected chi connectivity index (χ0v) is 14.8. The number of nitrogens with zero attached hydrogens (tertiary/aromatic N) is 1. The summed E-state index contributed by atoms with van der Waals surface area (Å²) in [5, 5.41) is 0.426. The summed E-state index contributed by atoms with van der Waals surface area (Å²) in [4.78, 5) is 27.8. The summed E-state index contributed by atoms with van der Waals surface area (Å²) in [5.41, 5.74) is 1.13. The molecule has 0 radical (unpaired) electrons. The van der Waals surface area contributed by atoms with Crippen LogP contribution in [0.3, 0.4) is 0 Å². The van der Waals surface area contributed by atoms with E-state index in [4.69, 9.17) is 9.15 Å². The molecule has 1 atom stereocenters. The van der Waals surface area contributed by atoms with Crippen LogP contribution < -0.4 is 5.43 Å². The van der Waals surface area contributed by atoms with Gasteiger partial charge in [0.15, 0.2) is 5.43 Å². The molecule has 1 aliphatic rings. The largest absolute Gasteiger partial charge is 0.450 e. The molecule has 5 nitrogen and oxygen atoms in total. The van der Waals surface area contributed by atoms with Crippen LogP contribution in [0.2, 0.25) is 0 Å². The van der Waals surface area contributed by atoms with E-state index >= 15 is 0 Å². The van der Waals surface area contributed by atoms with Crippen molar-refractivity contribution in [3.05, 3.63) is 81.5 Å². The number of halogens is 1. The topological polar surface area (TPSA) is 59.8 Å². The lowest BCUT2D eigenvalue weighted by molar-refractivity contribution is 0.0708. The summed E-state index contributed by atoms with van der Waals surface area (Å²) in [5.74, 6) is -0.650. The Hall–Kier alpha value is -2.99. The van der Waals surface area contributed by atoms with E-state index in [1.54, 1.807) is 48.4 Å². The lowest BCUT2D eigenvalue weighted by Gasteiger charge is -2.25. The van der Waals surface area contributed by atoms with Crippen molar-refractivity contribution in [3.63, 3.8) is 0 Å². The van der Waals surface area contributed by atoms with Crippen LogP contribution in [0.4, 0.5) is 4.39 Å². The molecule has 0 aliphatic carbocycles. The van der Waals surface area contributed by atoms with Crippen LogP contribution in [0.1, 0.15) is 34.1 Å². The molecule has 2 aromatic carbocycles. The van der Waals surface area contributed by atoms with Gasteiger partial charge in [0.05, 0.1) is 17.0 Å². The SMILES string of the molecule is COCCCN1C(=O)c2oc3ccccc3c(=O)c2C1c1ccc(F)cc1. The summed E-state index contributed by atoms with van der Waals surface area (Å²) in [6.45, 7) is 0.883. The van der Waals surface area contributed by atoms with Crippen molar-refractivity contribution < 1.29 is 18.3 Å². The van der Waals surface area contributed by atoms with Crippen molar-refractivity contribution >= 4 is 16.9 Å².